The number of ether oxygens (including phenoxy) is 1. The van der Waals surface area contributed by atoms with Gasteiger partial charge in [-0.25, -0.2) is 0 Å². The molecule has 1 amide bonds. The summed E-state index contributed by atoms with van der Waals surface area (Å²) in [5.41, 5.74) is 4.67. The number of aromatic nitrogens is 4. The van der Waals surface area contributed by atoms with Gasteiger partial charge in [-0.05, 0) is 43.4 Å². The van der Waals surface area contributed by atoms with Gasteiger partial charge in [0, 0.05) is 42.4 Å². The van der Waals surface area contributed by atoms with Crippen molar-refractivity contribution in [2.45, 2.75) is 55.8 Å². The summed E-state index contributed by atoms with van der Waals surface area (Å²) in [6, 6.07) is 16.6. The zero-order chi connectivity index (χ0) is 23.8. The van der Waals surface area contributed by atoms with Crippen molar-refractivity contribution in [2.24, 2.45) is 0 Å². The maximum atomic E-state index is 13.4. The van der Waals surface area contributed by atoms with Gasteiger partial charge in [0.05, 0.1) is 17.9 Å². The molecule has 2 atom stereocenters. The van der Waals surface area contributed by atoms with Crippen molar-refractivity contribution in [2.75, 3.05) is 13.2 Å². The van der Waals surface area contributed by atoms with Gasteiger partial charge in [-0.15, -0.1) is 10.2 Å². The highest BCUT2D eigenvalue weighted by atomic mass is 32.2. The number of aromatic amines is 1. The molecule has 1 saturated heterocycles. The Morgan fingerprint density at radius 2 is 2.00 bits per heavy atom. The molecule has 8 heteroatoms. The van der Waals surface area contributed by atoms with Crippen LogP contribution in [0.2, 0.25) is 0 Å². The second kappa shape index (κ2) is 9.51. The molecule has 1 N–H and O–H groups in total. The Hall–Kier alpha value is -3.10. The van der Waals surface area contributed by atoms with Crippen molar-refractivity contribution in [1.82, 2.24) is 24.6 Å². The summed E-state index contributed by atoms with van der Waals surface area (Å²) >= 11 is 1.49. The number of fused-ring (bicyclic) bond motifs is 2. The lowest BCUT2D eigenvalue weighted by molar-refractivity contribution is -0.131. The number of para-hydroxylation sites is 1. The van der Waals surface area contributed by atoms with E-state index < -0.39 is 0 Å². The minimum Gasteiger partial charge on any atom is -0.376 e. The number of thioether (sulfide) groups is 1. The standard InChI is InChI=1S/C27H29N5O2S/c1-18(26(33)31-13-12-19-7-2-3-8-20(19)16-31)35-27-30-29-25(32(27)17-21-9-6-14-34-21)23-15-28-24-11-5-4-10-22(23)24/h2-5,7-8,10-11,15,18,21,28H,6,9,12-14,16-17H2,1H3. The van der Waals surface area contributed by atoms with Gasteiger partial charge in [-0.2, -0.15) is 0 Å². The zero-order valence-corrected chi connectivity index (χ0v) is 20.6. The average molecular weight is 488 g/mol. The van der Waals surface area contributed by atoms with Crippen molar-refractivity contribution in [3.05, 3.63) is 65.9 Å². The number of amides is 1. The third-order valence-corrected chi connectivity index (χ3v) is 8.10. The lowest BCUT2D eigenvalue weighted by Gasteiger charge is -2.30. The van der Waals surface area contributed by atoms with E-state index in [1.165, 1.54) is 22.9 Å². The fourth-order valence-electron chi connectivity index (χ4n) is 5.14. The molecule has 2 aliphatic rings. The Morgan fingerprint density at radius 3 is 2.86 bits per heavy atom. The van der Waals surface area contributed by atoms with E-state index in [1.807, 2.05) is 36.2 Å². The molecule has 35 heavy (non-hydrogen) atoms. The smallest absolute Gasteiger partial charge is 0.236 e. The second-order valence-corrected chi connectivity index (χ2v) is 10.6. The van der Waals surface area contributed by atoms with Gasteiger partial charge >= 0.3 is 0 Å². The van der Waals surface area contributed by atoms with Crippen LogP contribution in [-0.2, 0) is 29.0 Å². The Bertz CT molecular complexity index is 1360. The van der Waals surface area contributed by atoms with Crippen molar-refractivity contribution < 1.29 is 9.53 Å². The van der Waals surface area contributed by atoms with E-state index in [9.17, 15) is 4.79 Å². The van der Waals surface area contributed by atoms with Crippen molar-refractivity contribution >= 4 is 28.6 Å². The number of nitrogens with zero attached hydrogens (tertiary/aromatic N) is 4. The number of hydrogen-bond acceptors (Lipinski definition) is 5. The molecule has 180 valence electrons. The summed E-state index contributed by atoms with van der Waals surface area (Å²) < 4.78 is 8.10. The Kier molecular flexibility index (Phi) is 6.08. The van der Waals surface area contributed by atoms with Gasteiger partial charge in [0.1, 0.15) is 0 Å². The van der Waals surface area contributed by atoms with E-state index >= 15 is 0 Å². The van der Waals surface area contributed by atoms with Crippen LogP contribution in [0, 0.1) is 0 Å². The summed E-state index contributed by atoms with van der Waals surface area (Å²) in [6.07, 6.45) is 5.13. The van der Waals surface area contributed by atoms with Crippen LogP contribution in [0.4, 0.5) is 0 Å². The summed E-state index contributed by atoms with van der Waals surface area (Å²) in [4.78, 5) is 18.7. The van der Waals surface area contributed by atoms with E-state index in [-0.39, 0.29) is 17.3 Å². The normalized spacial score (nSPS) is 18.7. The van der Waals surface area contributed by atoms with E-state index in [2.05, 4.69) is 50.1 Å². The number of rotatable bonds is 6. The predicted molar refractivity (Wildman–Crippen MR) is 137 cm³/mol. The summed E-state index contributed by atoms with van der Waals surface area (Å²) in [5, 5.41) is 10.8. The molecule has 2 aromatic heterocycles. The highest BCUT2D eigenvalue weighted by Crippen LogP contribution is 2.33. The molecule has 0 spiro atoms. The molecule has 4 aromatic rings. The summed E-state index contributed by atoms with van der Waals surface area (Å²) in [7, 11) is 0. The first kappa shape index (κ1) is 22.4. The number of H-pyrrole nitrogens is 1. The molecule has 0 radical (unpaired) electrons. The van der Waals surface area contributed by atoms with Gasteiger partial charge in [0.25, 0.3) is 0 Å². The molecule has 6 rings (SSSR count). The maximum Gasteiger partial charge on any atom is 0.236 e. The predicted octanol–water partition coefficient (Wildman–Crippen LogP) is 4.67. The van der Waals surface area contributed by atoms with Crippen LogP contribution >= 0.6 is 11.8 Å². The average Bonchev–Trinajstić information content (AvgIpc) is 3.64. The largest absolute Gasteiger partial charge is 0.376 e. The summed E-state index contributed by atoms with van der Waals surface area (Å²) in [6.45, 7) is 4.88. The number of benzene rings is 2. The fourth-order valence-corrected chi connectivity index (χ4v) is 6.08. The maximum absolute atomic E-state index is 13.4. The lowest BCUT2D eigenvalue weighted by Crippen LogP contribution is -2.40. The van der Waals surface area contributed by atoms with Crippen LogP contribution < -0.4 is 0 Å². The third-order valence-electron chi connectivity index (χ3n) is 7.03. The molecule has 4 heterocycles. The van der Waals surface area contributed by atoms with E-state index in [1.54, 1.807) is 0 Å². The van der Waals surface area contributed by atoms with Gasteiger partial charge in [-0.1, -0.05) is 54.2 Å². The van der Waals surface area contributed by atoms with E-state index in [0.29, 0.717) is 13.1 Å². The molecule has 2 aliphatic heterocycles. The molecule has 1 fully saturated rings. The SMILES string of the molecule is CC(Sc1nnc(-c2c[nH]c3ccccc23)n1CC1CCCO1)C(=O)N1CCc2ccccc2C1. The van der Waals surface area contributed by atoms with Crippen LogP contribution in [0.15, 0.2) is 59.9 Å². The van der Waals surface area contributed by atoms with Crippen LogP contribution in [0.3, 0.4) is 0 Å². The van der Waals surface area contributed by atoms with Crippen molar-refractivity contribution in [1.29, 1.82) is 0 Å². The first-order valence-electron chi connectivity index (χ1n) is 12.3. The van der Waals surface area contributed by atoms with Crippen LogP contribution in [0.5, 0.6) is 0 Å². The van der Waals surface area contributed by atoms with Crippen LogP contribution in [0.1, 0.15) is 30.9 Å². The second-order valence-electron chi connectivity index (χ2n) is 9.34. The van der Waals surface area contributed by atoms with Crippen molar-refractivity contribution in [3.8, 4) is 11.4 Å². The monoisotopic (exact) mass is 487 g/mol. The molecule has 2 aromatic carbocycles. The topological polar surface area (TPSA) is 76.0 Å². The number of carbonyl (C=O) groups excluding carboxylic acids is 1. The number of carbonyl (C=O) groups is 1. The van der Waals surface area contributed by atoms with Crippen molar-refractivity contribution in [3.63, 3.8) is 0 Å². The van der Waals surface area contributed by atoms with Gasteiger partial charge in [0.2, 0.25) is 5.91 Å². The number of nitrogens with one attached hydrogen (secondary N) is 1. The van der Waals surface area contributed by atoms with Gasteiger partial charge in [-0.3, -0.25) is 9.36 Å². The minimum absolute atomic E-state index is 0.138. The molecule has 0 saturated carbocycles. The molecule has 0 bridgehead atoms. The highest BCUT2D eigenvalue weighted by molar-refractivity contribution is 8.00. The van der Waals surface area contributed by atoms with Crippen LogP contribution in [-0.4, -0.2) is 55.1 Å². The number of hydrogen-bond donors (Lipinski definition) is 1. The minimum atomic E-state index is -0.261. The van der Waals surface area contributed by atoms with Crippen LogP contribution in [0.25, 0.3) is 22.3 Å². The third kappa shape index (κ3) is 4.36. The molecule has 0 aliphatic carbocycles. The summed E-state index contributed by atoms with van der Waals surface area (Å²) in [5.74, 6) is 0.955. The Labute approximate surface area is 208 Å². The fraction of sp³-hybridized carbons (Fsp3) is 0.370. The highest BCUT2D eigenvalue weighted by Gasteiger charge is 2.29. The molecule has 7 nitrogen and oxygen atoms in total. The van der Waals surface area contributed by atoms with E-state index in [0.717, 1.165) is 59.9 Å². The van der Waals surface area contributed by atoms with Gasteiger partial charge in [0.15, 0.2) is 11.0 Å². The quantitative estimate of drug-likeness (QED) is 0.400. The molecule has 2 unspecified atom stereocenters. The zero-order valence-electron chi connectivity index (χ0n) is 19.8. The molecular weight excluding hydrogens is 458 g/mol. The first-order valence-corrected chi connectivity index (χ1v) is 13.2. The first-order chi connectivity index (χ1) is 17.2. The Balaban J connectivity index is 1.27. The Morgan fingerprint density at radius 1 is 1.17 bits per heavy atom. The van der Waals surface area contributed by atoms with E-state index in [4.69, 9.17) is 4.74 Å². The lowest BCUT2D eigenvalue weighted by atomic mass is 10.00. The van der Waals surface area contributed by atoms with Gasteiger partial charge < -0.3 is 14.6 Å². The molecular formula is C27H29N5O2S.